The zero-order chi connectivity index (χ0) is 23.7. The Bertz CT molecular complexity index is 1260. The highest BCUT2D eigenvalue weighted by atomic mass is 35.5. The van der Waals surface area contributed by atoms with Crippen molar-refractivity contribution in [2.75, 3.05) is 19.0 Å². The lowest BCUT2D eigenvalue weighted by atomic mass is 10.0. The molecule has 3 aromatic rings. The number of fused-ring (bicyclic) bond motifs is 1. The van der Waals surface area contributed by atoms with Crippen molar-refractivity contribution >= 4 is 35.1 Å². The van der Waals surface area contributed by atoms with Gasteiger partial charge in [0.25, 0.3) is 11.5 Å². The molecule has 0 unspecified atom stereocenters. The van der Waals surface area contributed by atoms with Crippen LogP contribution in [0.1, 0.15) is 45.7 Å². The molecule has 4 rings (SSSR count). The normalized spacial score (nSPS) is 13.9. The molecule has 1 amide bonds. The number of amides is 1. The van der Waals surface area contributed by atoms with Crippen LogP contribution in [0, 0.1) is 6.92 Å². The number of halogens is 2. The molecule has 2 aromatic carbocycles. The molecule has 7 nitrogen and oxygen atoms in total. The predicted molar refractivity (Wildman–Crippen MR) is 129 cm³/mol. The van der Waals surface area contributed by atoms with Gasteiger partial charge in [0.05, 0.1) is 23.8 Å². The average molecular weight is 487 g/mol. The van der Waals surface area contributed by atoms with Crippen molar-refractivity contribution in [2.24, 2.45) is 0 Å². The Kier molecular flexibility index (Phi) is 6.63. The van der Waals surface area contributed by atoms with Crippen LogP contribution in [0.25, 0.3) is 0 Å². The predicted octanol–water partition coefficient (Wildman–Crippen LogP) is 4.29. The lowest BCUT2D eigenvalue weighted by molar-refractivity contribution is 0.0728. The molecule has 1 aromatic heterocycles. The largest absolute Gasteiger partial charge is 0.411 e. The first-order valence-corrected chi connectivity index (χ1v) is 11.3. The maximum Gasteiger partial charge on any atom is 0.293 e. The Balaban J connectivity index is 1.60. The number of hydrogen-bond donors (Lipinski definition) is 1. The highest BCUT2D eigenvalue weighted by molar-refractivity contribution is 6.31. The van der Waals surface area contributed by atoms with Gasteiger partial charge in [0.15, 0.2) is 0 Å². The Morgan fingerprint density at radius 1 is 1.18 bits per heavy atom. The lowest BCUT2D eigenvalue weighted by Gasteiger charge is -2.29. The van der Waals surface area contributed by atoms with Crippen LogP contribution in [-0.4, -0.2) is 34.2 Å². The zero-order valence-electron chi connectivity index (χ0n) is 18.6. The third-order valence-corrected chi connectivity index (χ3v) is 6.46. The van der Waals surface area contributed by atoms with Crippen LogP contribution in [0.2, 0.25) is 10.0 Å². The van der Waals surface area contributed by atoms with Crippen molar-refractivity contribution < 1.29 is 9.63 Å². The lowest BCUT2D eigenvalue weighted by Crippen LogP contribution is -2.42. The summed E-state index contributed by atoms with van der Waals surface area (Å²) in [5.74, 6) is 0.137. The van der Waals surface area contributed by atoms with E-state index in [2.05, 4.69) is 10.3 Å². The van der Waals surface area contributed by atoms with Gasteiger partial charge in [-0.1, -0.05) is 41.4 Å². The maximum absolute atomic E-state index is 13.2. The Hall–Kier alpha value is -3.03. The van der Waals surface area contributed by atoms with E-state index in [4.69, 9.17) is 28.0 Å². The molecule has 9 heteroatoms. The van der Waals surface area contributed by atoms with E-state index < -0.39 is 0 Å². The monoisotopic (exact) mass is 486 g/mol. The molecule has 0 bridgehead atoms. The third kappa shape index (κ3) is 4.70. The summed E-state index contributed by atoms with van der Waals surface area (Å²) in [6.45, 7) is 4.45. The molecule has 0 spiro atoms. The number of carbonyl (C=O) groups is 1. The molecule has 33 heavy (non-hydrogen) atoms. The molecule has 1 aliphatic heterocycles. The van der Waals surface area contributed by atoms with Gasteiger partial charge in [0.2, 0.25) is 5.95 Å². The summed E-state index contributed by atoms with van der Waals surface area (Å²) in [4.78, 5) is 37.9. The SMILES string of the molecule is COn1c(N[C@@H](C)c2ccc(Cl)cc2)nc2c(c1=O)CN(C(=O)c1ccc(C)c(Cl)c1)CC2. The molecule has 2 heterocycles. The first-order valence-electron chi connectivity index (χ1n) is 10.5. The maximum atomic E-state index is 13.2. The van der Waals surface area contributed by atoms with E-state index in [0.717, 1.165) is 15.9 Å². The minimum absolute atomic E-state index is 0.137. The molecule has 0 aliphatic carbocycles. The number of carbonyl (C=O) groups excluding carboxylic acids is 1. The smallest absolute Gasteiger partial charge is 0.293 e. The van der Waals surface area contributed by atoms with Crippen LogP contribution in [0.15, 0.2) is 47.3 Å². The standard InChI is InChI=1S/C24H24Cl2N4O3/c1-14-4-5-17(12-20(14)26)22(31)29-11-10-21-19(13-29)23(32)30(33-3)24(28-21)27-15(2)16-6-8-18(25)9-7-16/h4-9,12,15H,10-11,13H2,1-3H3,(H,27,28)/t15-/m0/s1. The zero-order valence-corrected chi connectivity index (χ0v) is 20.1. The Morgan fingerprint density at radius 3 is 2.58 bits per heavy atom. The summed E-state index contributed by atoms with van der Waals surface area (Å²) in [6.07, 6.45) is 0.463. The van der Waals surface area contributed by atoms with Crippen LogP contribution in [0.5, 0.6) is 0 Å². The molecule has 0 saturated heterocycles. The van der Waals surface area contributed by atoms with E-state index in [1.165, 1.54) is 7.11 Å². The fourth-order valence-electron chi connectivity index (χ4n) is 3.83. The number of aromatic nitrogens is 2. The van der Waals surface area contributed by atoms with Gasteiger partial charge in [-0.3, -0.25) is 9.59 Å². The molecule has 172 valence electrons. The van der Waals surface area contributed by atoms with E-state index >= 15 is 0 Å². The van der Waals surface area contributed by atoms with Crippen molar-refractivity contribution in [2.45, 2.75) is 32.9 Å². The first-order chi connectivity index (χ1) is 15.8. The highest BCUT2D eigenvalue weighted by Crippen LogP contribution is 2.23. The first kappa shape index (κ1) is 23.1. The van der Waals surface area contributed by atoms with E-state index in [-0.39, 0.29) is 24.1 Å². The molecule has 0 saturated carbocycles. The van der Waals surface area contributed by atoms with Gasteiger partial charge >= 0.3 is 0 Å². The third-order valence-electron chi connectivity index (χ3n) is 5.80. The van der Waals surface area contributed by atoms with Crippen molar-refractivity contribution in [3.63, 3.8) is 0 Å². The van der Waals surface area contributed by atoms with Crippen LogP contribution in [-0.2, 0) is 13.0 Å². The summed E-state index contributed by atoms with van der Waals surface area (Å²) >= 11 is 12.2. The number of nitrogens with zero attached hydrogens (tertiary/aromatic N) is 3. The van der Waals surface area contributed by atoms with E-state index in [9.17, 15) is 9.59 Å². The van der Waals surface area contributed by atoms with E-state index in [1.54, 1.807) is 17.0 Å². The Morgan fingerprint density at radius 2 is 1.91 bits per heavy atom. The van der Waals surface area contributed by atoms with Crippen LogP contribution < -0.4 is 15.7 Å². The number of anilines is 1. The van der Waals surface area contributed by atoms with Gasteiger partial charge in [-0.15, -0.1) is 4.73 Å². The Labute approximate surface area is 201 Å². The molecular formula is C24H24Cl2N4O3. The summed E-state index contributed by atoms with van der Waals surface area (Å²) in [7, 11) is 1.41. The fraction of sp³-hybridized carbons (Fsp3) is 0.292. The summed E-state index contributed by atoms with van der Waals surface area (Å²) in [6, 6.07) is 12.5. The van der Waals surface area contributed by atoms with Crippen molar-refractivity contribution in [3.05, 3.63) is 90.8 Å². The van der Waals surface area contributed by atoms with Gasteiger partial charge in [0.1, 0.15) is 7.11 Å². The number of hydrogen-bond acceptors (Lipinski definition) is 5. The van der Waals surface area contributed by atoms with Crippen molar-refractivity contribution in [1.29, 1.82) is 0 Å². The fourth-order valence-corrected chi connectivity index (χ4v) is 4.14. The van der Waals surface area contributed by atoms with Gasteiger partial charge in [-0.2, -0.15) is 0 Å². The number of nitrogens with one attached hydrogen (secondary N) is 1. The highest BCUT2D eigenvalue weighted by Gasteiger charge is 2.28. The molecule has 0 radical (unpaired) electrons. The summed E-state index contributed by atoms with van der Waals surface area (Å²) < 4.78 is 1.13. The van der Waals surface area contributed by atoms with Gasteiger partial charge in [-0.25, -0.2) is 4.98 Å². The molecule has 1 atom stereocenters. The minimum atomic E-state index is -0.340. The van der Waals surface area contributed by atoms with Gasteiger partial charge in [-0.05, 0) is 49.2 Å². The average Bonchev–Trinajstić information content (AvgIpc) is 2.81. The van der Waals surface area contributed by atoms with E-state index in [0.29, 0.717) is 45.8 Å². The van der Waals surface area contributed by atoms with Crippen LogP contribution in [0.3, 0.4) is 0 Å². The van der Waals surface area contributed by atoms with Crippen molar-refractivity contribution in [1.82, 2.24) is 14.6 Å². The van der Waals surface area contributed by atoms with Crippen LogP contribution >= 0.6 is 23.2 Å². The van der Waals surface area contributed by atoms with Gasteiger partial charge in [0, 0.05) is 28.6 Å². The number of rotatable bonds is 5. The van der Waals surface area contributed by atoms with E-state index in [1.807, 2.05) is 44.2 Å². The number of aryl methyl sites for hydroxylation is 1. The topological polar surface area (TPSA) is 76.5 Å². The minimum Gasteiger partial charge on any atom is -0.411 e. The summed E-state index contributed by atoms with van der Waals surface area (Å²) in [5, 5.41) is 4.43. The quantitative estimate of drug-likeness (QED) is 0.581. The van der Waals surface area contributed by atoms with Crippen LogP contribution in [0.4, 0.5) is 5.95 Å². The van der Waals surface area contributed by atoms with Crippen molar-refractivity contribution in [3.8, 4) is 0 Å². The second kappa shape index (κ2) is 9.45. The molecule has 0 fully saturated rings. The van der Waals surface area contributed by atoms with Gasteiger partial charge < -0.3 is 15.1 Å². The second-order valence-electron chi connectivity index (χ2n) is 8.00. The number of benzene rings is 2. The molecule has 1 aliphatic rings. The molecule has 1 N–H and O–H groups in total. The summed E-state index contributed by atoms with van der Waals surface area (Å²) in [5.41, 5.74) is 3.14. The molecular weight excluding hydrogens is 463 g/mol. The second-order valence-corrected chi connectivity index (χ2v) is 8.84.